The molecule has 1 aliphatic heterocycles. The van der Waals surface area contributed by atoms with Crippen LogP contribution in [0.1, 0.15) is 16.7 Å². The molecule has 2 amide bonds. The summed E-state index contributed by atoms with van der Waals surface area (Å²) in [5.74, 6) is 0.952. The van der Waals surface area contributed by atoms with Crippen molar-refractivity contribution in [1.29, 1.82) is 0 Å². The summed E-state index contributed by atoms with van der Waals surface area (Å²) < 4.78 is 0. The fourth-order valence-electron chi connectivity index (χ4n) is 3.85. The first-order valence-electron chi connectivity index (χ1n) is 11.0. The number of carbonyl (C=O) groups is 1. The summed E-state index contributed by atoms with van der Waals surface area (Å²) in [4.78, 5) is 21.6. The Kier molecular flexibility index (Phi) is 6.01. The van der Waals surface area contributed by atoms with E-state index in [1.807, 2.05) is 61.5 Å². The number of rotatable bonds is 2. The van der Waals surface area contributed by atoms with Gasteiger partial charge in [-0.1, -0.05) is 41.9 Å². The molecule has 0 unspecified atom stereocenters. The van der Waals surface area contributed by atoms with Gasteiger partial charge in [-0.3, -0.25) is 0 Å². The van der Waals surface area contributed by atoms with Gasteiger partial charge in [-0.25, -0.2) is 9.78 Å². The van der Waals surface area contributed by atoms with Gasteiger partial charge < -0.3 is 21.3 Å². The van der Waals surface area contributed by atoms with Crippen LogP contribution in [-0.4, -0.2) is 16.0 Å². The number of halogens is 1. The van der Waals surface area contributed by atoms with E-state index in [9.17, 15) is 4.79 Å². The van der Waals surface area contributed by atoms with E-state index in [-0.39, 0.29) is 6.03 Å². The van der Waals surface area contributed by atoms with Crippen LogP contribution in [0.2, 0.25) is 5.02 Å². The van der Waals surface area contributed by atoms with E-state index < -0.39 is 0 Å². The van der Waals surface area contributed by atoms with Gasteiger partial charge in [-0.2, -0.15) is 4.98 Å². The van der Waals surface area contributed by atoms with Crippen molar-refractivity contribution in [1.82, 2.24) is 9.97 Å². The molecule has 3 aromatic carbocycles. The van der Waals surface area contributed by atoms with E-state index in [1.165, 1.54) is 0 Å². The Hall–Kier alpha value is -4.10. The molecule has 0 radical (unpaired) electrons. The molecule has 5 rings (SSSR count). The van der Waals surface area contributed by atoms with E-state index in [0.717, 1.165) is 52.3 Å². The lowest BCUT2D eigenvalue weighted by molar-refractivity contribution is 0.262. The molecule has 0 fully saturated rings. The van der Waals surface area contributed by atoms with Crippen LogP contribution in [0.25, 0.3) is 0 Å². The first-order chi connectivity index (χ1) is 16.5. The van der Waals surface area contributed by atoms with Crippen molar-refractivity contribution in [3.63, 3.8) is 0 Å². The molecule has 8 heteroatoms. The highest BCUT2D eigenvalue weighted by atomic mass is 35.5. The third kappa shape index (κ3) is 4.94. The van der Waals surface area contributed by atoms with Crippen molar-refractivity contribution >= 4 is 52.1 Å². The molecule has 1 aromatic heterocycles. The minimum Gasteiger partial charge on any atom is -0.339 e. The second kappa shape index (κ2) is 9.41. The van der Waals surface area contributed by atoms with Gasteiger partial charge in [0.15, 0.2) is 5.82 Å². The zero-order chi connectivity index (χ0) is 23.5. The molecule has 0 saturated heterocycles. The van der Waals surface area contributed by atoms with Gasteiger partial charge in [0.25, 0.3) is 0 Å². The summed E-state index contributed by atoms with van der Waals surface area (Å²) in [6.07, 6.45) is 3.09. The normalized spacial score (nSPS) is 12.2. The van der Waals surface area contributed by atoms with Crippen molar-refractivity contribution in [3.05, 3.63) is 94.6 Å². The van der Waals surface area contributed by atoms with Gasteiger partial charge in [-0.15, -0.1) is 0 Å². The molecule has 0 atom stereocenters. The van der Waals surface area contributed by atoms with E-state index in [4.69, 9.17) is 11.6 Å². The summed E-state index contributed by atoms with van der Waals surface area (Å²) in [7, 11) is 0. The predicted molar refractivity (Wildman–Crippen MR) is 138 cm³/mol. The zero-order valence-electron chi connectivity index (χ0n) is 18.5. The number of hydrogen-bond donors (Lipinski definition) is 4. The van der Waals surface area contributed by atoms with Crippen molar-refractivity contribution in [3.8, 4) is 0 Å². The van der Waals surface area contributed by atoms with Gasteiger partial charge in [0.2, 0.25) is 5.95 Å². The summed E-state index contributed by atoms with van der Waals surface area (Å²) >= 11 is 6.34. The van der Waals surface area contributed by atoms with Crippen molar-refractivity contribution < 1.29 is 4.79 Å². The second-order valence-electron chi connectivity index (χ2n) is 8.11. The number of aromatic nitrogens is 2. The number of carbonyl (C=O) groups excluding carboxylic acids is 1. The maximum Gasteiger partial charge on any atom is 0.323 e. The number of amides is 2. The largest absolute Gasteiger partial charge is 0.339 e. The second-order valence-corrected chi connectivity index (χ2v) is 8.51. The smallest absolute Gasteiger partial charge is 0.323 e. The van der Waals surface area contributed by atoms with Crippen LogP contribution in [0.5, 0.6) is 0 Å². The SMILES string of the molecule is Cc1ccccc1NC(=O)Nc1ccc2cc1CCc1cccc(c1)Nc1ncc(Cl)c(n1)N2. The van der Waals surface area contributed by atoms with Gasteiger partial charge in [0.05, 0.1) is 6.20 Å². The molecule has 4 N–H and O–H groups in total. The highest BCUT2D eigenvalue weighted by Gasteiger charge is 2.13. The average Bonchev–Trinajstić information content (AvgIpc) is 2.83. The first-order valence-corrected chi connectivity index (χ1v) is 11.3. The average molecular weight is 471 g/mol. The number of urea groups is 1. The molecule has 7 nitrogen and oxygen atoms in total. The lowest BCUT2D eigenvalue weighted by atomic mass is 10.0. The zero-order valence-corrected chi connectivity index (χ0v) is 19.3. The molecule has 170 valence electrons. The Balaban J connectivity index is 1.47. The number of anilines is 6. The number of nitrogens with zero attached hydrogens (tertiary/aromatic N) is 2. The number of hydrogen-bond acceptors (Lipinski definition) is 5. The standard InChI is InChI=1S/C26H23ClN6O/c1-16-5-2-3-8-22(16)31-26(34)32-23-12-11-20-14-18(23)10-9-17-6-4-7-19(13-17)30-25-28-15-21(27)24(29-20)33-25/h2-8,11-15H,9-10H2,1H3,(H2,31,32,34)(H2,28,29,30,33). The maximum absolute atomic E-state index is 12.8. The lowest BCUT2D eigenvalue weighted by Gasteiger charge is -2.15. The minimum atomic E-state index is -0.288. The number of para-hydroxylation sites is 1. The molecule has 6 bridgehead atoms. The van der Waals surface area contributed by atoms with E-state index >= 15 is 0 Å². The van der Waals surface area contributed by atoms with Crippen LogP contribution < -0.4 is 21.3 Å². The highest BCUT2D eigenvalue weighted by Crippen LogP contribution is 2.29. The van der Waals surface area contributed by atoms with Crippen LogP contribution in [-0.2, 0) is 12.8 Å². The number of aryl methyl sites for hydroxylation is 3. The Morgan fingerprint density at radius 1 is 0.912 bits per heavy atom. The number of nitrogens with one attached hydrogen (secondary N) is 4. The molecule has 34 heavy (non-hydrogen) atoms. The molecule has 0 spiro atoms. The predicted octanol–water partition coefficient (Wildman–Crippen LogP) is 6.67. The number of fused-ring (bicyclic) bond motifs is 6. The van der Waals surface area contributed by atoms with Crippen LogP contribution >= 0.6 is 11.6 Å². The van der Waals surface area contributed by atoms with Crippen LogP contribution in [0.15, 0.2) is 72.9 Å². The maximum atomic E-state index is 12.8. The summed E-state index contributed by atoms with van der Waals surface area (Å²) in [6, 6.07) is 21.3. The summed E-state index contributed by atoms with van der Waals surface area (Å²) in [5, 5.41) is 12.9. The Morgan fingerprint density at radius 3 is 2.62 bits per heavy atom. The fourth-order valence-corrected chi connectivity index (χ4v) is 3.99. The van der Waals surface area contributed by atoms with Crippen LogP contribution in [0.4, 0.5) is 39.3 Å². The summed E-state index contributed by atoms with van der Waals surface area (Å²) in [6.45, 7) is 1.96. The molecular formula is C26H23ClN6O. The minimum absolute atomic E-state index is 0.288. The van der Waals surface area contributed by atoms with Crippen LogP contribution in [0.3, 0.4) is 0 Å². The molecule has 1 aliphatic rings. The first kappa shape index (κ1) is 21.7. The molecule has 2 heterocycles. The third-order valence-corrected chi connectivity index (χ3v) is 5.90. The lowest BCUT2D eigenvalue weighted by Crippen LogP contribution is -2.21. The summed E-state index contributed by atoms with van der Waals surface area (Å²) in [5.41, 5.74) is 6.38. The number of benzene rings is 3. The van der Waals surface area contributed by atoms with Gasteiger partial charge >= 0.3 is 6.03 Å². The molecular weight excluding hydrogens is 448 g/mol. The Bertz CT molecular complexity index is 1370. The quantitative estimate of drug-likeness (QED) is 0.262. The van der Waals surface area contributed by atoms with Gasteiger partial charge in [-0.05, 0) is 72.9 Å². The Morgan fingerprint density at radius 2 is 1.74 bits per heavy atom. The van der Waals surface area contributed by atoms with Gasteiger partial charge in [0, 0.05) is 22.7 Å². The van der Waals surface area contributed by atoms with E-state index in [2.05, 4.69) is 43.4 Å². The van der Waals surface area contributed by atoms with Crippen LogP contribution in [0, 0.1) is 6.92 Å². The van der Waals surface area contributed by atoms with E-state index in [0.29, 0.717) is 16.8 Å². The monoisotopic (exact) mass is 470 g/mol. The fraction of sp³-hybridized carbons (Fsp3) is 0.115. The van der Waals surface area contributed by atoms with Crippen molar-refractivity contribution in [2.45, 2.75) is 19.8 Å². The molecule has 0 aliphatic carbocycles. The topological polar surface area (TPSA) is 91.0 Å². The highest BCUT2D eigenvalue weighted by molar-refractivity contribution is 6.32. The van der Waals surface area contributed by atoms with E-state index in [1.54, 1.807) is 6.20 Å². The molecule has 4 aromatic rings. The Labute approximate surface area is 202 Å². The van der Waals surface area contributed by atoms with Crippen molar-refractivity contribution in [2.24, 2.45) is 0 Å². The van der Waals surface area contributed by atoms with Gasteiger partial charge in [0.1, 0.15) is 5.02 Å². The molecule has 0 saturated carbocycles. The van der Waals surface area contributed by atoms with Crippen molar-refractivity contribution in [2.75, 3.05) is 21.3 Å². The third-order valence-electron chi connectivity index (χ3n) is 5.62.